The van der Waals surface area contributed by atoms with Gasteiger partial charge in [-0.25, -0.2) is 9.48 Å². The zero-order valence-electron chi connectivity index (χ0n) is 11.7. The van der Waals surface area contributed by atoms with Gasteiger partial charge in [0.15, 0.2) is 0 Å². The number of urea groups is 1. The third-order valence-corrected chi connectivity index (χ3v) is 4.12. The Morgan fingerprint density at radius 3 is 2.95 bits per heavy atom. The number of amides is 2. The first-order chi connectivity index (χ1) is 10.3. The van der Waals surface area contributed by atoms with Crippen LogP contribution >= 0.6 is 0 Å². The highest BCUT2D eigenvalue weighted by molar-refractivity contribution is 6.02. The highest BCUT2D eigenvalue weighted by Gasteiger charge is 2.25. The topological polar surface area (TPSA) is 63.1 Å². The maximum Gasteiger partial charge on any atom is 0.328 e. The van der Waals surface area contributed by atoms with Crippen LogP contribution in [0.5, 0.6) is 0 Å². The fourth-order valence-corrected chi connectivity index (χ4v) is 3.05. The van der Waals surface area contributed by atoms with Crippen LogP contribution in [0, 0.1) is 0 Å². The number of benzene rings is 1. The van der Waals surface area contributed by atoms with Gasteiger partial charge < -0.3 is 0 Å². The molecule has 0 radical (unpaired) electrons. The van der Waals surface area contributed by atoms with E-state index in [0.717, 1.165) is 43.7 Å². The van der Waals surface area contributed by atoms with Crippen molar-refractivity contribution >= 4 is 17.7 Å². The lowest BCUT2D eigenvalue weighted by atomic mass is 10.2. The van der Waals surface area contributed by atoms with Gasteiger partial charge in [-0.3, -0.25) is 10.2 Å². The summed E-state index contributed by atoms with van der Waals surface area (Å²) in [6, 6.07) is 7.86. The first-order valence-electron chi connectivity index (χ1n) is 7.41. The van der Waals surface area contributed by atoms with Crippen molar-refractivity contribution in [2.24, 2.45) is 0 Å². The molecule has 0 spiro atoms. The van der Waals surface area contributed by atoms with Crippen LogP contribution in [-0.2, 0) is 19.4 Å². The summed E-state index contributed by atoms with van der Waals surface area (Å²) >= 11 is 0. The monoisotopic (exact) mass is 283 g/mol. The van der Waals surface area contributed by atoms with Crippen LogP contribution < -0.4 is 10.2 Å². The Bertz CT molecular complexity index is 670. The Morgan fingerprint density at radius 1 is 1.14 bits per heavy atom. The van der Waals surface area contributed by atoms with E-state index in [4.69, 9.17) is 0 Å². The van der Waals surface area contributed by atoms with Gasteiger partial charge in [-0.15, -0.1) is 5.10 Å². The summed E-state index contributed by atoms with van der Waals surface area (Å²) < 4.78 is 1.90. The smallest absolute Gasteiger partial charge is 0.294 e. The van der Waals surface area contributed by atoms with E-state index in [1.165, 1.54) is 5.56 Å². The van der Waals surface area contributed by atoms with E-state index < -0.39 is 0 Å². The molecule has 1 aromatic carbocycles. The van der Waals surface area contributed by atoms with E-state index in [1.54, 1.807) is 4.90 Å². The van der Waals surface area contributed by atoms with E-state index in [0.29, 0.717) is 12.5 Å². The predicted molar refractivity (Wildman–Crippen MR) is 79.5 cm³/mol. The Kier molecular flexibility index (Phi) is 2.87. The summed E-state index contributed by atoms with van der Waals surface area (Å²) in [6.07, 6.45) is 4.11. The van der Waals surface area contributed by atoms with Gasteiger partial charge in [-0.05, 0) is 30.9 Å². The SMILES string of the molecule is O=C(Nc1nc2n(n1)CCCC2)N1CCc2ccccc21. The van der Waals surface area contributed by atoms with Crippen molar-refractivity contribution in [3.05, 3.63) is 35.7 Å². The highest BCUT2D eigenvalue weighted by Crippen LogP contribution is 2.27. The molecule has 0 saturated carbocycles. The number of fused-ring (bicyclic) bond motifs is 2. The molecule has 3 heterocycles. The third-order valence-electron chi connectivity index (χ3n) is 4.12. The molecule has 0 unspecified atom stereocenters. The molecule has 4 rings (SSSR count). The molecule has 2 amide bonds. The van der Waals surface area contributed by atoms with E-state index >= 15 is 0 Å². The fraction of sp³-hybridized carbons (Fsp3) is 0.400. The lowest BCUT2D eigenvalue weighted by Crippen LogP contribution is -2.33. The molecule has 2 aromatic rings. The number of aromatic nitrogens is 3. The zero-order valence-corrected chi connectivity index (χ0v) is 11.7. The van der Waals surface area contributed by atoms with Crippen LogP contribution in [-0.4, -0.2) is 27.3 Å². The van der Waals surface area contributed by atoms with Crippen molar-refractivity contribution in [2.75, 3.05) is 16.8 Å². The zero-order chi connectivity index (χ0) is 14.2. The molecule has 0 atom stereocenters. The van der Waals surface area contributed by atoms with Crippen LogP contribution in [0.15, 0.2) is 24.3 Å². The van der Waals surface area contributed by atoms with Gasteiger partial charge in [0.1, 0.15) is 5.82 Å². The largest absolute Gasteiger partial charge is 0.328 e. The van der Waals surface area contributed by atoms with Crippen molar-refractivity contribution in [1.29, 1.82) is 0 Å². The molecule has 1 N–H and O–H groups in total. The van der Waals surface area contributed by atoms with E-state index in [9.17, 15) is 4.79 Å². The van der Waals surface area contributed by atoms with Gasteiger partial charge >= 0.3 is 6.03 Å². The molecule has 6 heteroatoms. The standard InChI is InChI=1S/C15H17N5O/c21-15(19-10-8-11-5-1-2-6-12(11)19)17-14-16-13-7-3-4-9-20(13)18-14/h1-2,5-6H,3-4,7-10H2,(H,17,18,21). The van der Waals surface area contributed by atoms with Crippen LogP contribution in [0.4, 0.5) is 16.4 Å². The summed E-state index contributed by atoms with van der Waals surface area (Å²) in [7, 11) is 0. The molecule has 0 saturated heterocycles. The number of para-hydroxylation sites is 1. The quantitative estimate of drug-likeness (QED) is 0.872. The Hall–Kier alpha value is -2.37. The van der Waals surface area contributed by atoms with Crippen molar-refractivity contribution in [3.8, 4) is 0 Å². The molecular weight excluding hydrogens is 266 g/mol. The van der Waals surface area contributed by atoms with Gasteiger partial charge in [-0.2, -0.15) is 4.98 Å². The van der Waals surface area contributed by atoms with Crippen molar-refractivity contribution < 1.29 is 4.79 Å². The first-order valence-corrected chi connectivity index (χ1v) is 7.41. The Labute approximate surface area is 122 Å². The number of nitrogens with one attached hydrogen (secondary N) is 1. The van der Waals surface area contributed by atoms with Crippen LogP contribution in [0.1, 0.15) is 24.2 Å². The van der Waals surface area contributed by atoms with Gasteiger partial charge in [0, 0.05) is 25.2 Å². The number of carbonyl (C=O) groups is 1. The van der Waals surface area contributed by atoms with Gasteiger partial charge in [0.25, 0.3) is 0 Å². The highest BCUT2D eigenvalue weighted by atomic mass is 16.2. The van der Waals surface area contributed by atoms with Crippen LogP contribution in [0.2, 0.25) is 0 Å². The molecule has 2 aliphatic rings. The average Bonchev–Trinajstić information content (AvgIpc) is 3.10. The minimum absolute atomic E-state index is 0.150. The molecule has 0 aliphatic carbocycles. The van der Waals surface area contributed by atoms with Gasteiger partial charge in [0.05, 0.1) is 0 Å². The molecule has 108 valence electrons. The summed E-state index contributed by atoms with van der Waals surface area (Å²) in [5.74, 6) is 1.39. The second kappa shape index (κ2) is 4.87. The predicted octanol–water partition coefficient (Wildman–Crippen LogP) is 2.21. The molecule has 21 heavy (non-hydrogen) atoms. The molecule has 0 fully saturated rings. The van der Waals surface area contributed by atoms with Crippen LogP contribution in [0.25, 0.3) is 0 Å². The second-order valence-corrected chi connectivity index (χ2v) is 5.49. The first kappa shape index (κ1) is 12.4. The molecule has 1 aromatic heterocycles. The fourth-order valence-electron chi connectivity index (χ4n) is 3.05. The lowest BCUT2D eigenvalue weighted by molar-refractivity contribution is 0.257. The Balaban J connectivity index is 1.53. The Morgan fingerprint density at radius 2 is 2.05 bits per heavy atom. The number of nitrogens with zero attached hydrogens (tertiary/aromatic N) is 4. The van der Waals surface area contributed by atoms with Crippen LogP contribution in [0.3, 0.4) is 0 Å². The minimum atomic E-state index is -0.150. The number of hydrogen-bond donors (Lipinski definition) is 1. The average molecular weight is 283 g/mol. The molecule has 6 nitrogen and oxygen atoms in total. The number of hydrogen-bond acceptors (Lipinski definition) is 3. The van der Waals surface area contributed by atoms with E-state index in [1.807, 2.05) is 22.9 Å². The minimum Gasteiger partial charge on any atom is -0.294 e. The van der Waals surface area contributed by atoms with E-state index in [2.05, 4.69) is 21.5 Å². The maximum absolute atomic E-state index is 12.4. The van der Waals surface area contributed by atoms with Crippen molar-refractivity contribution in [1.82, 2.24) is 14.8 Å². The van der Waals surface area contributed by atoms with Gasteiger partial charge in [-0.1, -0.05) is 18.2 Å². The molecule has 0 bridgehead atoms. The number of carbonyl (C=O) groups excluding carboxylic acids is 1. The van der Waals surface area contributed by atoms with E-state index in [-0.39, 0.29) is 6.03 Å². The summed E-state index contributed by atoms with van der Waals surface area (Å²) in [5, 5.41) is 7.19. The second-order valence-electron chi connectivity index (χ2n) is 5.49. The summed E-state index contributed by atoms with van der Waals surface area (Å²) in [6.45, 7) is 1.60. The molecule has 2 aliphatic heterocycles. The molecular formula is C15H17N5O. The normalized spacial score (nSPS) is 16.5. The van der Waals surface area contributed by atoms with Crippen molar-refractivity contribution in [2.45, 2.75) is 32.2 Å². The number of anilines is 2. The lowest BCUT2D eigenvalue weighted by Gasteiger charge is -2.16. The number of rotatable bonds is 1. The maximum atomic E-state index is 12.4. The van der Waals surface area contributed by atoms with Crippen molar-refractivity contribution in [3.63, 3.8) is 0 Å². The number of aryl methyl sites for hydroxylation is 2. The third kappa shape index (κ3) is 2.16. The summed E-state index contributed by atoms with van der Waals surface area (Å²) in [4.78, 5) is 18.6. The van der Waals surface area contributed by atoms with Gasteiger partial charge in [0.2, 0.25) is 5.95 Å². The summed E-state index contributed by atoms with van der Waals surface area (Å²) in [5.41, 5.74) is 2.20.